The number of hydrogen-bond donors (Lipinski definition) is 1. The van der Waals surface area contributed by atoms with Crippen molar-refractivity contribution in [2.45, 2.75) is 19.3 Å². The number of aromatic nitrogens is 4. The third-order valence-corrected chi connectivity index (χ3v) is 6.18. The fraction of sp³-hybridized carbons (Fsp3) is 0.259. The summed E-state index contributed by atoms with van der Waals surface area (Å²) in [6.07, 6.45) is 4.15. The molecule has 1 fully saturated rings. The topological polar surface area (TPSA) is 85.2 Å². The molecule has 0 aliphatic carbocycles. The number of halogens is 2. The van der Waals surface area contributed by atoms with Gasteiger partial charge in [-0.2, -0.15) is 5.10 Å². The zero-order valence-electron chi connectivity index (χ0n) is 20.0. The second-order valence-electron chi connectivity index (χ2n) is 8.72. The number of alkyl halides is 2. The number of hydrogen-bond acceptors (Lipinski definition) is 6. The van der Waals surface area contributed by atoms with Crippen molar-refractivity contribution in [1.29, 1.82) is 0 Å². The summed E-state index contributed by atoms with van der Waals surface area (Å²) in [5, 5.41) is 7.16. The van der Waals surface area contributed by atoms with Crippen molar-refractivity contribution in [3.05, 3.63) is 79.3 Å². The Kier molecular flexibility index (Phi) is 7.34. The molecule has 0 bridgehead atoms. The van der Waals surface area contributed by atoms with Gasteiger partial charge < -0.3 is 15.0 Å². The second-order valence-corrected chi connectivity index (χ2v) is 8.72. The number of rotatable bonds is 8. The summed E-state index contributed by atoms with van der Waals surface area (Å²) in [5.74, 6) is 1.48. The molecule has 0 saturated carbocycles. The lowest BCUT2D eigenvalue weighted by molar-refractivity contribution is -0.120. The fourth-order valence-corrected chi connectivity index (χ4v) is 4.31. The molecule has 1 aliphatic rings. The van der Waals surface area contributed by atoms with Crippen molar-refractivity contribution < 1.29 is 18.3 Å². The van der Waals surface area contributed by atoms with Crippen LogP contribution in [0.3, 0.4) is 0 Å². The predicted molar refractivity (Wildman–Crippen MR) is 136 cm³/mol. The molecule has 0 radical (unpaired) electrons. The molecule has 2 aromatic heterocycles. The second kappa shape index (κ2) is 11.2. The first-order valence-electron chi connectivity index (χ1n) is 12.1. The SMILES string of the molecule is O=C(Nc1cccc(OCC(F)F)c1)C1CCN(c2ccnc(-c3cccc(-n4cccn4)c3)n2)CC1. The molecule has 37 heavy (non-hydrogen) atoms. The molecule has 4 aromatic rings. The van der Waals surface area contributed by atoms with E-state index in [0.717, 1.165) is 17.1 Å². The number of ether oxygens (including phenoxy) is 1. The summed E-state index contributed by atoms with van der Waals surface area (Å²) in [7, 11) is 0. The van der Waals surface area contributed by atoms with Crippen LogP contribution in [-0.4, -0.2) is 51.8 Å². The Morgan fingerprint density at radius 1 is 1.05 bits per heavy atom. The van der Waals surface area contributed by atoms with Crippen LogP contribution in [0, 0.1) is 5.92 Å². The van der Waals surface area contributed by atoms with E-state index in [9.17, 15) is 13.6 Å². The largest absolute Gasteiger partial charge is 0.488 e. The molecule has 8 nitrogen and oxygen atoms in total. The van der Waals surface area contributed by atoms with E-state index in [2.05, 4.69) is 20.3 Å². The minimum absolute atomic E-state index is 0.0931. The van der Waals surface area contributed by atoms with Crippen LogP contribution in [0.25, 0.3) is 17.1 Å². The molecule has 1 aliphatic heterocycles. The van der Waals surface area contributed by atoms with Gasteiger partial charge in [-0.25, -0.2) is 23.4 Å². The van der Waals surface area contributed by atoms with E-state index >= 15 is 0 Å². The van der Waals surface area contributed by atoms with E-state index in [4.69, 9.17) is 9.72 Å². The van der Waals surface area contributed by atoms with Gasteiger partial charge in [0, 0.05) is 54.9 Å². The number of anilines is 2. The molecule has 1 amide bonds. The van der Waals surface area contributed by atoms with Gasteiger partial charge in [-0.05, 0) is 49.2 Å². The molecular formula is C27H26F2N6O2. The average molecular weight is 505 g/mol. The Morgan fingerprint density at radius 3 is 2.68 bits per heavy atom. The van der Waals surface area contributed by atoms with Gasteiger partial charge in [-0.3, -0.25) is 4.79 Å². The van der Waals surface area contributed by atoms with Crippen molar-refractivity contribution >= 4 is 17.4 Å². The number of nitrogens with zero attached hydrogens (tertiary/aromatic N) is 5. The maximum atomic E-state index is 12.8. The summed E-state index contributed by atoms with van der Waals surface area (Å²) in [4.78, 5) is 24.2. The van der Waals surface area contributed by atoms with Crippen LogP contribution in [0.1, 0.15) is 12.8 Å². The summed E-state index contributed by atoms with van der Waals surface area (Å²) < 4.78 is 31.6. The minimum Gasteiger partial charge on any atom is -0.488 e. The number of amides is 1. The Bertz CT molecular complexity index is 1340. The average Bonchev–Trinajstić information content (AvgIpc) is 3.48. The molecule has 5 rings (SSSR count). The van der Waals surface area contributed by atoms with Crippen LogP contribution in [0.15, 0.2) is 79.3 Å². The summed E-state index contributed by atoms with van der Waals surface area (Å²) in [5.41, 5.74) is 2.34. The van der Waals surface area contributed by atoms with Gasteiger partial charge in [0.2, 0.25) is 5.91 Å². The van der Waals surface area contributed by atoms with Crippen molar-refractivity contribution in [2.75, 3.05) is 29.9 Å². The molecule has 3 heterocycles. The maximum absolute atomic E-state index is 12.8. The lowest BCUT2D eigenvalue weighted by atomic mass is 9.96. The number of piperidine rings is 1. The van der Waals surface area contributed by atoms with E-state index in [1.807, 2.05) is 42.6 Å². The molecule has 1 saturated heterocycles. The molecule has 0 atom stereocenters. The Morgan fingerprint density at radius 2 is 1.89 bits per heavy atom. The number of nitrogens with one attached hydrogen (secondary N) is 1. The molecule has 2 aromatic carbocycles. The van der Waals surface area contributed by atoms with E-state index < -0.39 is 13.0 Å². The first kappa shape index (κ1) is 24.4. The molecule has 1 N–H and O–H groups in total. The molecule has 0 unspecified atom stereocenters. The van der Waals surface area contributed by atoms with Crippen LogP contribution in [0.2, 0.25) is 0 Å². The third-order valence-electron chi connectivity index (χ3n) is 6.18. The number of carbonyl (C=O) groups is 1. The molecule has 190 valence electrons. The summed E-state index contributed by atoms with van der Waals surface area (Å²) in [6.45, 7) is 0.676. The number of carbonyl (C=O) groups excluding carboxylic acids is 1. The van der Waals surface area contributed by atoms with Gasteiger partial charge in [0.05, 0.1) is 5.69 Å². The molecule has 10 heteroatoms. The first-order chi connectivity index (χ1) is 18.0. The highest BCUT2D eigenvalue weighted by atomic mass is 19.3. The van der Waals surface area contributed by atoms with Crippen molar-refractivity contribution in [3.63, 3.8) is 0 Å². The van der Waals surface area contributed by atoms with Crippen molar-refractivity contribution in [3.8, 4) is 22.8 Å². The maximum Gasteiger partial charge on any atom is 0.272 e. The van der Waals surface area contributed by atoms with Gasteiger partial charge in [-0.1, -0.05) is 18.2 Å². The van der Waals surface area contributed by atoms with E-state index in [-0.39, 0.29) is 11.8 Å². The third kappa shape index (κ3) is 6.08. The highest BCUT2D eigenvalue weighted by molar-refractivity contribution is 5.92. The fourth-order valence-electron chi connectivity index (χ4n) is 4.31. The Labute approximate surface area is 212 Å². The van der Waals surface area contributed by atoms with E-state index in [0.29, 0.717) is 43.2 Å². The van der Waals surface area contributed by atoms with Crippen LogP contribution >= 0.6 is 0 Å². The minimum atomic E-state index is -2.55. The van der Waals surface area contributed by atoms with Crippen LogP contribution < -0.4 is 15.0 Å². The van der Waals surface area contributed by atoms with Gasteiger partial charge in [0.1, 0.15) is 18.2 Å². The van der Waals surface area contributed by atoms with Gasteiger partial charge in [-0.15, -0.1) is 0 Å². The van der Waals surface area contributed by atoms with Gasteiger partial charge in [0.25, 0.3) is 6.43 Å². The predicted octanol–water partition coefficient (Wildman–Crippen LogP) is 4.83. The van der Waals surface area contributed by atoms with E-state index in [1.54, 1.807) is 41.3 Å². The standard InChI is InChI=1S/C27H26F2N6O2/c28-24(29)18-37-23-7-2-5-21(17-23)32-27(36)19-9-14-34(15-10-19)25-8-12-30-26(33-25)20-4-1-6-22(16-20)35-13-3-11-31-35/h1-8,11-13,16-17,19,24H,9-10,14-15,18H2,(H,32,36). The zero-order chi connectivity index (χ0) is 25.6. The molecule has 0 spiro atoms. The number of benzene rings is 2. The van der Waals surface area contributed by atoms with Crippen LogP contribution in [0.5, 0.6) is 5.75 Å². The Balaban J connectivity index is 1.20. The normalized spacial score (nSPS) is 14.1. The van der Waals surface area contributed by atoms with Gasteiger partial charge in [0.15, 0.2) is 5.82 Å². The smallest absolute Gasteiger partial charge is 0.272 e. The zero-order valence-corrected chi connectivity index (χ0v) is 20.0. The lowest BCUT2D eigenvalue weighted by Gasteiger charge is -2.32. The first-order valence-corrected chi connectivity index (χ1v) is 12.1. The summed E-state index contributed by atoms with van der Waals surface area (Å²) in [6, 6.07) is 18.2. The van der Waals surface area contributed by atoms with Crippen molar-refractivity contribution in [2.24, 2.45) is 5.92 Å². The highest BCUT2D eigenvalue weighted by Gasteiger charge is 2.26. The Hall–Kier alpha value is -4.34. The highest BCUT2D eigenvalue weighted by Crippen LogP contribution is 2.26. The summed E-state index contributed by atoms with van der Waals surface area (Å²) >= 11 is 0. The monoisotopic (exact) mass is 504 g/mol. The van der Waals surface area contributed by atoms with Crippen molar-refractivity contribution in [1.82, 2.24) is 19.7 Å². The van der Waals surface area contributed by atoms with Crippen LogP contribution in [-0.2, 0) is 4.79 Å². The van der Waals surface area contributed by atoms with E-state index in [1.165, 1.54) is 0 Å². The molecular weight excluding hydrogens is 478 g/mol. The van der Waals surface area contributed by atoms with Crippen LogP contribution in [0.4, 0.5) is 20.3 Å². The quantitative estimate of drug-likeness (QED) is 0.370. The van der Waals surface area contributed by atoms with Gasteiger partial charge >= 0.3 is 0 Å². The lowest BCUT2D eigenvalue weighted by Crippen LogP contribution is -2.38.